The van der Waals surface area contributed by atoms with Crippen molar-refractivity contribution < 1.29 is 8.42 Å². The average Bonchev–Trinajstić information content (AvgIpc) is 2.36. The predicted molar refractivity (Wildman–Crippen MR) is 89.4 cm³/mol. The number of hydrogen-bond donors (Lipinski definition) is 2. The van der Waals surface area contributed by atoms with Crippen molar-refractivity contribution in [3.8, 4) is 0 Å². The van der Waals surface area contributed by atoms with Gasteiger partial charge >= 0.3 is 0 Å². The van der Waals surface area contributed by atoms with Gasteiger partial charge in [0.2, 0.25) is 10.0 Å². The SMILES string of the molecule is CNC(C)CNS(=O)(=O)c1cc(N(C)C)ccc1Br.Cl. The van der Waals surface area contributed by atoms with Crippen LogP contribution in [0.2, 0.25) is 0 Å². The third-order valence-corrected chi connectivity index (χ3v) is 5.21. The van der Waals surface area contributed by atoms with Gasteiger partial charge in [0.05, 0.1) is 4.90 Å². The second-order valence-corrected chi connectivity index (χ2v) is 7.14. The van der Waals surface area contributed by atoms with Gasteiger partial charge in [0, 0.05) is 36.8 Å². The molecule has 5 nitrogen and oxygen atoms in total. The van der Waals surface area contributed by atoms with E-state index in [4.69, 9.17) is 0 Å². The van der Waals surface area contributed by atoms with Crippen LogP contribution in [0.15, 0.2) is 27.6 Å². The molecule has 0 aliphatic rings. The number of likely N-dealkylation sites (N-methyl/N-ethyl adjacent to an activating group) is 1. The van der Waals surface area contributed by atoms with E-state index in [1.165, 1.54) is 0 Å². The Bertz CT molecular complexity index is 538. The Balaban J connectivity index is 0.00000361. The van der Waals surface area contributed by atoms with Crippen molar-refractivity contribution in [3.63, 3.8) is 0 Å². The van der Waals surface area contributed by atoms with Crippen molar-refractivity contribution in [1.29, 1.82) is 0 Å². The van der Waals surface area contributed by atoms with Crippen LogP contribution in [-0.4, -0.2) is 42.1 Å². The molecule has 0 fully saturated rings. The Kier molecular flexibility index (Phi) is 8.05. The van der Waals surface area contributed by atoms with Crippen molar-refractivity contribution in [1.82, 2.24) is 10.0 Å². The minimum Gasteiger partial charge on any atom is -0.378 e. The van der Waals surface area contributed by atoms with Gasteiger partial charge < -0.3 is 10.2 Å². The Morgan fingerprint density at radius 2 is 1.95 bits per heavy atom. The summed E-state index contributed by atoms with van der Waals surface area (Å²) in [6, 6.07) is 5.33. The highest BCUT2D eigenvalue weighted by Gasteiger charge is 2.19. The fourth-order valence-corrected chi connectivity index (χ4v) is 3.50. The normalized spacial score (nSPS) is 12.7. The van der Waals surface area contributed by atoms with Gasteiger partial charge in [-0.25, -0.2) is 13.1 Å². The fourth-order valence-electron chi connectivity index (χ4n) is 1.39. The molecule has 0 aliphatic carbocycles. The molecule has 0 radical (unpaired) electrons. The first-order valence-electron chi connectivity index (χ1n) is 5.91. The number of benzene rings is 1. The van der Waals surface area contributed by atoms with Crippen LogP contribution in [0.3, 0.4) is 0 Å². The molecule has 8 heteroatoms. The Labute approximate surface area is 135 Å². The summed E-state index contributed by atoms with van der Waals surface area (Å²) in [6.07, 6.45) is 0. The van der Waals surface area contributed by atoms with Crippen LogP contribution in [0.1, 0.15) is 6.92 Å². The van der Waals surface area contributed by atoms with Gasteiger partial charge in [-0.15, -0.1) is 12.4 Å². The number of nitrogens with one attached hydrogen (secondary N) is 2. The van der Waals surface area contributed by atoms with Crippen molar-refractivity contribution in [3.05, 3.63) is 22.7 Å². The first-order chi connectivity index (χ1) is 8.77. The monoisotopic (exact) mass is 385 g/mol. The maximum Gasteiger partial charge on any atom is 0.241 e. The summed E-state index contributed by atoms with van der Waals surface area (Å²) in [4.78, 5) is 2.11. The standard InChI is InChI=1S/C12H20BrN3O2S.ClH/c1-9(14-2)8-15-19(17,18)12-7-10(16(3)4)5-6-11(12)13;/h5-7,9,14-15H,8H2,1-4H3;1H. The van der Waals surface area contributed by atoms with E-state index < -0.39 is 10.0 Å². The van der Waals surface area contributed by atoms with Crippen LogP contribution >= 0.6 is 28.3 Å². The molecular formula is C12H21BrClN3O2S. The Morgan fingerprint density at radius 3 is 2.45 bits per heavy atom. The summed E-state index contributed by atoms with van der Waals surface area (Å²) in [5.41, 5.74) is 0.838. The van der Waals surface area contributed by atoms with E-state index in [2.05, 4.69) is 26.0 Å². The lowest BCUT2D eigenvalue weighted by molar-refractivity contribution is 0.554. The van der Waals surface area contributed by atoms with Gasteiger partial charge in [0.1, 0.15) is 0 Å². The Hall–Kier alpha value is -0.340. The lowest BCUT2D eigenvalue weighted by Crippen LogP contribution is -2.37. The quantitative estimate of drug-likeness (QED) is 0.783. The number of halogens is 2. The number of nitrogens with zero attached hydrogens (tertiary/aromatic N) is 1. The topological polar surface area (TPSA) is 61.4 Å². The molecule has 2 N–H and O–H groups in total. The number of hydrogen-bond acceptors (Lipinski definition) is 4. The van der Waals surface area contributed by atoms with E-state index in [0.717, 1.165) is 5.69 Å². The molecule has 1 aromatic rings. The molecule has 1 rings (SSSR count). The second-order valence-electron chi connectivity index (χ2n) is 4.55. The summed E-state index contributed by atoms with van der Waals surface area (Å²) in [6.45, 7) is 2.26. The minimum atomic E-state index is -3.52. The molecule has 1 atom stereocenters. The van der Waals surface area contributed by atoms with E-state index >= 15 is 0 Å². The van der Waals surface area contributed by atoms with Crippen LogP contribution in [0, 0.1) is 0 Å². The molecule has 116 valence electrons. The Morgan fingerprint density at radius 1 is 1.35 bits per heavy atom. The molecule has 0 saturated carbocycles. The van der Waals surface area contributed by atoms with E-state index in [1.54, 1.807) is 19.2 Å². The third-order valence-electron chi connectivity index (χ3n) is 2.79. The van der Waals surface area contributed by atoms with Gasteiger partial charge in [-0.2, -0.15) is 0 Å². The molecule has 0 aliphatic heterocycles. The molecule has 0 saturated heterocycles. The highest BCUT2D eigenvalue weighted by Crippen LogP contribution is 2.26. The van der Waals surface area contributed by atoms with Crippen molar-refractivity contribution >= 4 is 44.0 Å². The zero-order valence-electron chi connectivity index (χ0n) is 12.0. The van der Waals surface area contributed by atoms with E-state index in [0.29, 0.717) is 11.0 Å². The predicted octanol–water partition coefficient (Wildman–Crippen LogP) is 1.82. The van der Waals surface area contributed by atoms with Crippen molar-refractivity contribution in [2.75, 3.05) is 32.6 Å². The molecule has 0 aromatic heterocycles. The van der Waals surface area contributed by atoms with Crippen molar-refractivity contribution in [2.45, 2.75) is 17.9 Å². The maximum absolute atomic E-state index is 12.3. The minimum absolute atomic E-state index is 0. The van der Waals surface area contributed by atoms with Gasteiger partial charge in [0.15, 0.2) is 0 Å². The molecule has 0 heterocycles. The van der Waals surface area contributed by atoms with E-state index in [-0.39, 0.29) is 23.3 Å². The summed E-state index contributed by atoms with van der Waals surface area (Å²) in [5.74, 6) is 0. The molecular weight excluding hydrogens is 366 g/mol. The highest BCUT2D eigenvalue weighted by atomic mass is 79.9. The molecule has 20 heavy (non-hydrogen) atoms. The van der Waals surface area contributed by atoms with Crippen LogP contribution in [0.4, 0.5) is 5.69 Å². The fraction of sp³-hybridized carbons (Fsp3) is 0.500. The van der Waals surface area contributed by atoms with Crippen LogP contribution in [0.25, 0.3) is 0 Å². The van der Waals surface area contributed by atoms with Gasteiger partial charge in [-0.1, -0.05) is 0 Å². The summed E-state index contributed by atoms with van der Waals surface area (Å²) in [5, 5.41) is 2.99. The lowest BCUT2D eigenvalue weighted by atomic mass is 10.3. The van der Waals surface area contributed by atoms with Crippen LogP contribution in [-0.2, 0) is 10.0 Å². The first-order valence-corrected chi connectivity index (χ1v) is 8.19. The molecule has 1 aromatic carbocycles. The van der Waals surface area contributed by atoms with E-state index in [1.807, 2.05) is 32.0 Å². The summed E-state index contributed by atoms with van der Waals surface area (Å²) >= 11 is 3.29. The second kappa shape index (κ2) is 8.19. The number of sulfonamides is 1. The number of rotatable bonds is 6. The molecule has 0 spiro atoms. The van der Waals surface area contributed by atoms with E-state index in [9.17, 15) is 8.42 Å². The van der Waals surface area contributed by atoms with Gasteiger partial charge in [0.25, 0.3) is 0 Å². The van der Waals surface area contributed by atoms with Gasteiger partial charge in [-0.3, -0.25) is 0 Å². The lowest BCUT2D eigenvalue weighted by Gasteiger charge is -2.16. The maximum atomic E-state index is 12.3. The average molecular weight is 387 g/mol. The van der Waals surface area contributed by atoms with Gasteiger partial charge in [-0.05, 0) is 48.1 Å². The van der Waals surface area contributed by atoms with Crippen molar-refractivity contribution in [2.24, 2.45) is 0 Å². The van der Waals surface area contributed by atoms with Crippen LogP contribution < -0.4 is 14.9 Å². The zero-order chi connectivity index (χ0) is 14.6. The highest BCUT2D eigenvalue weighted by molar-refractivity contribution is 9.10. The van der Waals surface area contributed by atoms with Crippen LogP contribution in [0.5, 0.6) is 0 Å². The first kappa shape index (κ1) is 19.7. The summed E-state index contributed by atoms with van der Waals surface area (Å²) < 4.78 is 27.7. The zero-order valence-corrected chi connectivity index (χ0v) is 15.2. The molecule has 0 bridgehead atoms. The number of anilines is 1. The summed E-state index contributed by atoms with van der Waals surface area (Å²) in [7, 11) is 2.02. The molecule has 0 amide bonds. The third kappa shape index (κ3) is 5.21. The molecule has 1 unspecified atom stereocenters. The largest absolute Gasteiger partial charge is 0.378 e. The smallest absolute Gasteiger partial charge is 0.241 e.